The predicted octanol–water partition coefficient (Wildman–Crippen LogP) is 0.459. The van der Waals surface area contributed by atoms with Gasteiger partial charge in [-0.15, -0.1) is 0 Å². The third-order valence-corrected chi connectivity index (χ3v) is 2.90. The molecule has 0 spiro atoms. The lowest BCUT2D eigenvalue weighted by atomic mass is 10.1. The van der Waals surface area contributed by atoms with E-state index in [4.69, 9.17) is 15.2 Å². The maximum Gasteiger partial charge on any atom is 0.0674 e. The summed E-state index contributed by atoms with van der Waals surface area (Å²) in [7, 11) is 1.71. The SMILES string of the molecule is COCCC(N)CN1CC(C)OCC1C. The van der Waals surface area contributed by atoms with Crippen LogP contribution >= 0.6 is 0 Å². The van der Waals surface area contributed by atoms with Crippen LogP contribution in [0.5, 0.6) is 0 Å². The molecule has 15 heavy (non-hydrogen) atoms. The van der Waals surface area contributed by atoms with Gasteiger partial charge in [-0.2, -0.15) is 0 Å². The summed E-state index contributed by atoms with van der Waals surface area (Å²) in [4.78, 5) is 2.41. The third kappa shape index (κ3) is 4.47. The first-order chi connectivity index (χ1) is 7.13. The third-order valence-electron chi connectivity index (χ3n) is 2.90. The highest BCUT2D eigenvalue weighted by molar-refractivity contribution is 4.78. The van der Waals surface area contributed by atoms with Crippen molar-refractivity contribution in [2.45, 2.75) is 38.5 Å². The quantitative estimate of drug-likeness (QED) is 0.725. The van der Waals surface area contributed by atoms with E-state index in [-0.39, 0.29) is 6.04 Å². The van der Waals surface area contributed by atoms with Crippen LogP contribution in [0.2, 0.25) is 0 Å². The molecule has 1 fully saturated rings. The van der Waals surface area contributed by atoms with Gasteiger partial charge < -0.3 is 15.2 Å². The van der Waals surface area contributed by atoms with Crippen LogP contribution in [0.3, 0.4) is 0 Å². The van der Waals surface area contributed by atoms with Crippen LogP contribution in [0.25, 0.3) is 0 Å². The second-order valence-corrected chi connectivity index (χ2v) is 4.49. The highest BCUT2D eigenvalue weighted by Gasteiger charge is 2.24. The molecule has 2 N–H and O–H groups in total. The summed E-state index contributed by atoms with van der Waals surface area (Å²) in [5.74, 6) is 0. The molecule has 1 rings (SSSR count). The molecule has 0 saturated carbocycles. The number of ether oxygens (including phenoxy) is 2. The molecule has 0 aromatic rings. The van der Waals surface area contributed by atoms with E-state index in [1.54, 1.807) is 7.11 Å². The van der Waals surface area contributed by atoms with Crippen LogP contribution in [0, 0.1) is 0 Å². The van der Waals surface area contributed by atoms with Gasteiger partial charge in [-0.05, 0) is 20.3 Å². The zero-order valence-corrected chi connectivity index (χ0v) is 10.1. The molecule has 90 valence electrons. The van der Waals surface area contributed by atoms with E-state index in [1.165, 1.54) is 0 Å². The molecule has 0 amide bonds. The minimum absolute atomic E-state index is 0.206. The van der Waals surface area contributed by atoms with Crippen molar-refractivity contribution < 1.29 is 9.47 Å². The van der Waals surface area contributed by atoms with Crippen molar-refractivity contribution in [3.63, 3.8) is 0 Å². The van der Waals surface area contributed by atoms with E-state index in [2.05, 4.69) is 18.7 Å². The van der Waals surface area contributed by atoms with Gasteiger partial charge in [0.2, 0.25) is 0 Å². The van der Waals surface area contributed by atoms with Gasteiger partial charge in [0.15, 0.2) is 0 Å². The number of hydrogen-bond acceptors (Lipinski definition) is 4. The molecular formula is C11H24N2O2. The van der Waals surface area contributed by atoms with Crippen molar-refractivity contribution in [3.05, 3.63) is 0 Å². The van der Waals surface area contributed by atoms with E-state index in [9.17, 15) is 0 Å². The minimum Gasteiger partial charge on any atom is -0.385 e. The van der Waals surface area contributed by atoms with Crippen LogP contribution in [-0.4, -0.2) is 56.5 Å². The molecule has 0 aromatic heterocycles. The summed E-state index contributed by atoms with van der Waals surface area (Å²) >= 11 is 0. The molecule has 0 aromatic carbocycles. The molecule has 1 saturated heterocycles. The van der Waals surface area contributed by atoms with Crippen LogP contribution < -0.4 is 5.73 Å². The number of nitrogens with two attached hydrogens (primary N) is 1. The smallest absolute Gasteiger partial charge is 0.0674 e. The van der Waals surface area contributed by atoms with Gasteiger partial charge in [0.25, 0.3) is 0 Å². The number of rotatable bonds is 5. The average molecular weight is 216 g/mol. The summed E-state index contributed by atoms with van der Waals surface area (Å²) in [5.41, 5.74) is 6.04. The van der Waals surface area contributed by atoms with E-state index < -0.39 is 0 Å². The van der Waals surface area contributed by atoms with Crippen molar-refractivity contribution in [2.24, 2.45) is 5.73 Å². The van der Waals surface area contributed by atoms with E-state index in [0.717, 1.165) is 32.7 Å². The Balaban J connectivity index is 2.28. The summed E-state index contributed by atoms with van der Waals surface area (Å²) in [6.45, 7) is 7.79. The van der Waals surface area contributed by atoms with E-state index in [0.29, 0.717) is 12.1 Å². The molecule has 3 atom stereocenters. The molecule has 0 aliphatic carbocycles. The van der Waals surface area contributed by atoms with Crippen molar-refractivity contribution in [1.29, 1.82) is 0 Å². The van der Waals surface area contributed by atoms with Gasteiger partial charge in [-0.25, -0.2) is 0 Å². The van der Waals surface area contributed by atoms with Gasteiger partial charge in [-0.3, -0.25) is 4.90 Å². The molecule has 0 radical (unpaired) electrons. The maximum absolute atomic E-state index is 6.04. The molecule has 1 aliphatic rings. The highest BCUT2D eigenvalue weighted by atomic mass is 16.5. The van der Waals surface area contributed by atoms with Crippen LogP contribution in [0.4, 0.5) is 0 Å². The maximum atomic E-state index is 6.04. The van der Waals surface area contributed by atoms with E-state index >= 15 is 0 Å². The van der Waals surface area contributed by atoms with Gasteiger partial charge in [-0.1, -0.05) is 0 Å². The van der Waals surface area contributed by atoms with Crippen LogP contribution in [0.1, 0.15) is 20.3 Å². The largest absolute Gasteiger partial charge is 0.385 e. The molecule has 3 unspecified atom stereocenters. The zero-order chi connectivity index (χ0) is 11.3. The topological polar surface area (TPSA) is 47.7 Å². The Hall–Kier alpha value is -0.160. The Morgan fingerprint density at radius 1 is 1.53 bits per heavy atom. The first-order valence-electron chi connectivity index (χ1n) is 5.73. The Bertz CT molecular complexity index is 178. The van der Waals surface area contributed by atoms with Crippen molar-refractivity contribution in [3.8, 4) is 0 Å². The lowest BCUT2D eigenvalue weighted by Gasteiger charge is -2.38. The van der Waals surface area contributed by atoms with Gasteiger partial charge in [0.1, 0.15) is 0 Å². The molecular weight excluding hydrogens is 192 g/mol. The Morgan fingerprint density at radius 3 is 2.93 bits per heavy atom. The van der Waals surface area contributed by atoms with Crippen LogP contribution in [-0.2, 0) is 9.47 Å². The van der Waals surface area contributed by atoms with Crippen molar-refractivity contribution in [2.75, 3.05) is 33.4 Å². The summed E-state index contributed by atoms with van der Waals surface area (Å²) in [6, 6.07) is 0.687. The minimum atomic E-state index is 0.206. The molecule has 0 bridgehead atoms. The number of methoxy groups -OCH3 is 1. The normalized spacial score (nSPS) is 30.4. The number of hydrogen-bond donors (Lipinski definition) is 1. The van der Waals surface area contributed by atoms with Gasteiger partial charge in [0.05, 0.1) is 12.7 Å². The van der Waals surface area contributed by atoms with Gasteiger partial charge in [0, 0.05) is 38.9 Å². The lowest BCUT2D eigenvalue weighted by molar-refractivity contribution is -0.0515. The molecule has 1 aliphatic heterocycles. The predicted molar refractivity (Wildman–Crippen MR) is 60.9 cm³/mol. The Kier molecular flexibility index (Phi) is 5.53. The second-order valence-electron chi connectivity index (χ2n) is 4.49. The molecule has 4 nitrogen and oxygen atoms in total. The standard InChI is InChI=1S/C11H24N2O2/c1-9-8-15-10(2)6-13(9)7-11(12)4-5-14-3/h9-11H,4-8,12H2,1-3H3. The lowest BCUT2D eigenvalue weighted by Crippen LogP contribution is -2.51. The molecule has 1 heterocycles. The first-order valence-corrected chi connectivity index (χ1v) is 5.73. The Labute approximate surface area is 92.7 Å². The fourth-order valence-electron chi connectivity index (χ4n) is 1.89. The van der Waals surface area contributed by atoms with Gasteiger partial charge >= 0.3 is 0 Å². The van der Waals surface area contributed by atoms with Crippen LogP contribution in [0.15, 0.2) is 0 Å². The Morgan fingerprint density at radius 2 is 2.27 bits per heavy atom. The second kappa shape index (κ2) is 6.43. The highest BCUT2D eigenvalue weighted by Crippen LogP contribution is 2.11. The molecule has 4 heteroatoms. The van der Waals surface area contributed by atoms with E-state index in [1.807, 2.05) is 0 Å². The van der Waals surface area contributed by atoms with Crippen molar-refractivity contribution >= 4 is 0 Å². The number of morpholine rings is 1. The van der Waals surface area contributed by atoms with Crippen molar-refractivity contribution in [1.82, 2.24) is 4.90 Å². The summed E-state index contributed by atoms with van der Waals surface area (Å²) < 4.78 is 10.6. The first kappa shape index (κ1) is 12.9. The fourth-order valence-corrected chi connectivity index (χ4v) is 1.89. The summed E-state index contributed by atoms with van der Waals surface area (Å²) in [6.07, 6.45) is 1.26. The summed E-state index contributed by atoms with van der Waals surface area (Å²) in [5, 5.41) is 0. The zero-order valence-electron chi connectivity index (χ0n) is 10.1. The number of nitrogens with zero attached hydrogens (tertiary/aromatic N) is 1. The fraction of sp³-hybridized carbons (Fsp3) is 1.00. The average Bonchev–Trinajstić information content (AvgIpc) is 2.20. The monoisotopic (exact) mass is 216 g/mol.